The lowest BCUT2D eigenvalue weighted by Crippen LogP contribution is -2.13. The van der Waals surface area contributed by atoms with E-state index in [1.807, 2.05) is 0 Å². The van der Waals surface area contributed by atoms with Crippen LogP contribution in [0.2, 0.25) is 0 Å². The fourth-order valence-electron chi connectivity index (χ4n) is 1.84. The van der Waals surface area contributed by atoms with Gasteiger partial charge in [0.2, 0.25) is 0 Å². The zero-order valence-electron chi connectivity index (χ0n) is 10.7. The number of aliphatic hydroxyl groups is 2. The van der Waals surface area contributed by atoms with Gasteiger partial charge in [0.25, 0.3) is 5.91 Å². The van der Waals surface area contributed by atoms with Gasteiger partial charge in [-0.3, -0.25) is 4.79 Å². The minimum Gasteiger partial charge on any atom is -0.508 e. The van der Waals surface area contributed by atoms with E-state index in [2.05, 4.69) is 5.32 Å². The molecule has 0 aliphatic carbocycles. The summed E-state index contributed by atoms with van der Waals surface area (Å²) in [6.45, 7) is -0.649. The maximum Gasteiger partial charge on any atom is 0.255 e. The van der Waals surface area contributed by atoms with Crippen molar-refractivity contribution in [1.82, 2.24) is 0 Å². The number of hydrogen-bond acceptors (Lipinski definition) is 4. The highest BCUT2D eigenvalue weighted by molar-refractivity contribution is 6.04. The number of amides is 1. The number of aromatic hydroxyl groups is 1. The van der Waals surface area contributed by atoms with Crippen LogP contribution in [0.5, 0.6) is 5.75 Å². The summed E-state index contributed by atoms with van der Waals surface area (Å²) in [4.78, 5) is 12.0. The molecule has 2 rings (SSSR count). The van der Waals surface area contributed by atoms with Crippen LogP contribution < -0.4 is 5.32 Å². The first-order valence-electron chi connectivity index (χ1n) is 6.08. The topological polar surface area (TPSA) is 89.8 Å². The largest absolute Gasteiger partial charge is 0.508 e. The highest BCUT2D eigenvalue weighted by Gasteiger charge is 2.12. The normalized spacial score (nSPS) is 10.3. The average molecular weight is 273 g/mol. The smallest absolute Gasteiger partial charge is 0.255 e. The number of aliphatic hydroxyl groups excluding tert-OH is 2. The van der Waals surface area contributed by atoms with E-state index in [0.717, 1.165) is 0 Å². The summed E-state index contributed by atoms with van der Waals surface area (Å²) in [6, 6.07) is 11.4. The molecule has 0 heterocycles. The van der Waals surface area contributed by atoms with Crippen molar-refractivity contribution in [1.29, 1.82) is 0 Å². The molecule has 0 saturated carbocycles. The van der Waals surface area contributed by atoms with Crippen molar-refractivity contribution >= 4 is 11.6 Å². The van der Waals surface area contributed by atoms with Gasteiger partial charge in [-0.15, -0.1) is 0 Å². The molecule has 0 spiro atoms. The van der Waals surface area contributed by atoms with Crippen LogP contribution in [-0.2, 0) is 13.2 Å². The fraction of sp³-hybridized carbons (Fsp3) is 0.133. The van der Waals surface area contributed by atoms with Gasteiger partial charge in [-0.2, -0.15) is 0 Å². The standard InChI is InChI=1S/C15H15NO4/c17-8-11-6-12(9-18)14(19)7-13(11)16-15(20)10-4-2-1-3-5-10/h1-7,17-19H,8-9H2,(H,16,20). The van der Waals surface area contributed by atoms with E-state index in [1.54, 1.807) is 30.3 Å². The van der Waals surface area contributed by atoms with Crippen LogP contribution in [0.4, 0.5) is 5.69 Å². The predicted molar refractivity (Wildman–Crippen MR) is 74.3 cm³/mol. The van der Waals surface area contributed by atoms with Crippen LogP contribution >= 0.6 is 0 Å². The van der Waals surface area contributed by atoms with E-state index < -0.39 is 0 Å². The maximum atomic E-state index is 12.0. The second kappa shape index (κ2) is 6.18. The van der Waals surface area contributed by atoms with Gasteiger partial charge in [0, 0.05) is 22.8 Å². The lowest BCUT2D eigenvalue weighted by molar-refractivity contribution is 0.102. The molecule has 0 saturated heterocycles. The number of carbonyl (C=O) groups excluding carboxylic acids is 1. The molecule has 0 aromatic heterocycles. The number of anilines is 1. The quantitative estimate of drug-likeness (QED) is 0.681. The van der Waals surface area contributed by atoms with Crippen LogP contribution in [0.25, 0.3) is 0 Å². The molecular formula is C15H15NO4. The number of benzene rings is 2. The summed E-state index contributed by atoms with van der Waals surface area (Å²) in [5.74, 6) is -0.468. The van der Waals surface area contributed by atoms with Gasteiger partial charge < -0.3 is 20.6 Å². The molecule has 0 aliphatic rings. The Bertz CT molecular complexity index is 611. The van der Waals surface area contributed by atoms with Crippen molar-refractivity contribution in [2.24, 2.45) is 0 Å². The van der Waals surface area contributed by atoms with E-state index in [9.17, 15) is 15.0 Å². The number of nitrogens with one attached hydrogen (secondary N) is 1. The molecule has 0 radical (unpaired) electrons. The second-order valence-electron chi connectivity index (χ2n) is 4.27. The lowest BCUT2D eigenvalue weighted by atomic mass is 10.1. The number of hydrogen-bond donors (Lipinski definition) is 4. The van der Waals surface area contributed by atoms with Crippen LogP contribution in [0.1, 0.15) is 21.5 Å². The monoisotopic (exact) mass is 273 g/mol. The van der Waals surface area contributed by atoms with Crippen molar-refractivity contribution in [3.8, 4) is 5.75 Å². The molecule has 20 heavy (non-hydrogen) atoms. The molecule has 5 nitrogen and oxygen atoms in total. The van der Waals surface area contributed by atoms with Gasteiger partial charge in [0.1, 0.15) is 5.75 Å². The number of rotatable bonds is 4. The van der Waals surface area contributed by atoms with Gasteiger partial charge in [0.05, 0.1) is 18.9 Å². The minimum atomic E-state index is -0.342. The number of carbonyl (C=O) groups is 1. The third-order valence-corrected chi connectivity index (χ3v) is 2.93. The Hall–Kier alpha value is -2.37. The third-order valence-electron chi connectivity index (χ3n) is 2.93. The maximum absolute atomic E-state index is 12.0. The molecule has 1 amide bonds. The summed E-state index contributed by atoms with van der Waals surface area (Å²) in [5.41, 5.74) is 1.51. The highest BCUT2D eigenvalue weighted by atomic mass is 16.3. The second-order valence-corrected chi connectivity index (χ2v) is 4.27. The van der Waals surface area contributed by atoms with E-state index >= 15 is 0 Å². The Balaban J connectivity index is 2.29. The number of phenols is 1. The molecule has 2 aromatic carbocycles. The van der Waals surface area contributed by atoms with Crippen molar-refractivity contribution in [2.45, 2.75) is 13.2 Å². The van der Waals surface area contributed by atoms with Gasteiger partial charge >= 0.3 is 0 Å². The summed E-state index contributed by atoms with van der Waals surface area (Å²) in [5, 5.41) is 30.7. The van der Waals surface area contributed by atoms with Gasteiger partial charge in [-0.05, 0) is 18.2 Å². The van der Waals surface area contributed by atoms with E-state index in [-0.39, 0.29) is 24.9 Å². The molecule has 0 atom stereocenters. The Morgan fingerprint density at radius 3 is 2.25 bits per heavy atom. The zero-order valence-corrected chi connectivity index (χ0v) is 10.7. The molecule has 2 aromatic rings. The van der Waals surface area contributed by atoms with E-state index in [0.29, 0.717) is 22.4 Å². The van der Waals surface area contributed by atoms with Crippen LogP contribution in [0, 0.1) is 0 Å². The first kappa shape index (κ1) is 14.0. The van der Waals surface area contributed by atoms with Crippen LogP contribution in [-0.4, -0.2) is 21.2 Å². The Kier molecular flexibility index (Phi) is 4.34. The van der Waals surface area contributed by atoms with Crippen molar-refractivity contribution in [2.75, 3.05) is 5.32 Å². The van der Waals surface area contributed by atoms with Crippen LogP contribution in [0.3, 0.4) is 0 Å². The Labute approximate surface area is 116 Å². The van der Waals surface area contributed by atoms with Crippen LogP contribution in [0.15, 0.2) is 42.5 Å². The Morgan fingerprint density at radius 1 is 1.00 bits per heavy atom. The van der Waals surface area contributed by atoms with E-state index in [1.165, 1.54) is 12.1 Å². The molecule has 0 bridgehead atoms. The summed E-state index contributed by atoms with van der Waals surface area (Å²) >= 11 is 0. The predicted octanol–water partition coefficient (Wildman–Crippen LogP) is 1.63. The molecule has 0 fully saturated rings. The Morgan fingerprint density at radius 2 is 1.65 bits per heavy atom. The first-order chi connectivity index (χ1) is 9.65. The van der Waals surface area contributed by atoms with Gasteiger partial charge in [0.15, 0.2) is 0 Å². The SMILES string of the molecule is O=C(Nc1cc(O)c(CO)cc1CO)c1ccccc1. The molecule has 0 aliphatic heterocycles. The molecule has 5 heteroatoms. The molecular weight excluding hydrogens is 258 g/mol. The molecule has 104 valence electrons. The average Bonchev–Trinajstić information content (AvgIpc) is 2.48. The van der Waals surface area contributed by atoms with Gasteiger partial charge in [-0.1, -0.05) is 18.2 Å². The summed E-state index contributed by atoms with van der Waals surface area (Å²) in [6.07, 6.45) is 0. The van der Waals surface area contributed by atoms with Crippen molar-refractivity contribution in [3.63, 3.8) is 0 Å². The van der Waals surface area contributed by atoms with E-state index in [4.69, 9.17) is 5.11 Å². The third kappa shape index (κ3) is 2.96. The molecule has 0 unspecified atom stereocenters. The fourth-order valence-corrected chi connectivity index (χ4v) is 1.84. The minimum absolute atomic E-state index is 0.131. The van der Waals surface area contributed by atoms with Crippen molar-refractivity contribution in [3.05, 3.63) is 59.2 Å². The first-order valence-corrected chi connectivity index (χ1v) is 6.08. The lowest BCUT2D eigenvalue weighted by Gasteiger charge is -2.12. The highest BCUT2D eigenvalue weighted by Crippen LogP contribution is 2.27. The molecule has 4 N–H and O–H groups in total. The summed E-state index contributed by atoms with van der Waals surface area (Å²) < 4.78 is 0. The zero-order chi connectivity index (χ0) is 14.5. The summed E-state index contributed by atoms with van der Waals surface area (Å²) in [7, 11) is 0. The van der Waals surface area contributed by atoms with Crippen molar-refractivity contribution < 1.29 is 20.1 Å². The van der Waals surface area contributed by atoms with Gasteiger partial charge in [-0.25, -0.2) is 0 Å².